The number of aliphatic hydroxyl groups excluding tert-OH is 1. The first-order chi connectivity index (χ1) is 8.27. The highest BCUT2D eigenvalue weighted by molar-refractivity contribution is 5.89. The number of rotatable bonds is 1. The van der Waals surface area contributed by atoms with E-state index in [4.69, 9.17) is 4.74 Å². The zero-order valence-corrected chi connectivity index (χ0v) is 9.19. The van der Waals surface area contributed by atoms with Gasteiger partial charge in [0.1, 0.15) is 6.10 Å². The van der Waals surface area contributed by atoms with E-state index in [2.05, 4.69) is 0 Å². The van der Waals surface area contributed by atoms with E-state index < -0.39 is 12.3 Å². The molecular weight excluding hydrogens is 218 g/mol. The van der Waals surface area contributed by atoms with Crippen molar-refractivity contribution in [2.75, 3.05) is 6.61 Å². The third kappa shape index (κ3) is 1.66. The van der Waals surface area contributed by atoms with Gasteiger partial charge in [0.25, 0.3) is 0 Å². The van der Waals surface area contributed by atoms with Crippen LogP contribution >= 0.6 is 0 Å². The quantitative estimate of drug-likeness (QED) is 0.779. The fourth-order valence-corrected chi connectivity index (χ4v) is 2.36. The second kappa shape index (κ2) is 3.98. The summed E-state index contributed by atoms with van der Waals surface area (Å²) >= 11 is 0. The summed E-state index contributed by atoms with van der Waals surface area (Å²) < 4.78 is 5.51. The molecule has 2 heterocycles. The molecule has 2 aliphatic heterocycles. The van der Waals surface area contributed by atoms with Crippen molar-refractivity contribution in [1.29, 1.82) is 0 Å². The standard InChI is InChI=1S/C13H13NO3/c15-11-6-7-12(16)14-10(8-17-13(11)14)9-4-2-1-3-5-9/h1-7,10-11,13,15H,8H2/t10-,11-,13-/m0/s1. The predicted molar refractivity (Wildman–Crippen MR) is 60.9 cm³/mol. The highest BCUT2D eigenvalue weighted by Crippen LogP contribution is 2.33. The molecule has 4 nitrogen and oxygen atoms in total. The molecule has 4 heteroatoms. The zero-order valence-electron chi connectivity index (χ0n) is 9.19. The molecule has 88 valence electrons. The van der Waals surface area contributed by atoms with Gasteiger partial charge in [0, 0.05) is 6.08 Å². The van der Waals surface area contributed by atoms with E-state index in [9.17, 15) is 9.90 Å². The summed E-state index contributed by atoms with van der Waals surface area (Å²) in [6, 6.07) is 9.63. The minimum absolute atomic E-state index is 0.103. The van der Waals surface area contributed by atoms with Crippen LogP contribution in [-0.4, -0.2) is 34.9 Å². The number of amides is 1. The Morgan fingerprint density at radius 3 is 2.82 bits per heavy atom. The van der Waals surface area contributed by atoms with Gasteiger partial charge in [0.2, 0.25) is 5.91 Å². The second-order valence-corrected chi connectivity index (χ2v) is 4.25. The Labute approximate surface area is 99.1 Å². The van der Waals surface area contributed by atoms with Crippen LogP contribution in [0.5, 0.6) is 0 Å². The number of nitrogens with zero attached hydrogens (tertiary/aromatic N) is 1. The first kappa shape index (κ1) is 10.5. The Bertz CT molecular complexity index is 457. The number of benzene rings is 1. The van der Waals surface area contributed by atoms with Gasteiger partial charge in [0.15, 0.2) is 6.23 Å². The average molecular weight is 231 g/mol. The largest absolute Gasteiger partial charge is 0.384 e. The fraction of sp³-hybridized carbons (Fsp3) is 0.308. The number of aliphatic hydroxyl groups is 1. The summed E-state index contributed by atoms with van der Waals surface area (Å²) in [6.07, 6.45) is 1.61. The monoisotopic (exact) mass is 231 g/mol. The van der Waals surface area contributed by atoms with Crippen molar-refractivity contribution in [1.82, 2.24) is 4.90 Å². The van der Waals surface area contributed by atoms with E-state index in [1.807, 2.05) is 30.3 Å². The number of carbonyl (C=O) groups is 1. The maximum absolute atomic E-state index is 11.9. The van der Waals surface area contributed by atoms with Gasteiger partial charge in [-0.2, -0.15) is 0 Å². The predicted octanol–water partition coefficient (Wildman–Crippen LogP) is 0.843. The van der Waals surface area contributed by atoms with E-state index in [1.165, 1.54) is 12.2 Å². The van der Waals surface area contributed by atoms with Gasteiger partial charge in [-0.3, -0.25) is 4.79 Å². The SMILES string of the molecule is O=C1C=C[C@H](O)[C@@H]2OC[C@@H](c3ccccc3)N12. The Balaban J connectivity index is 1.94. The summed E-state index contributed by atoms with van der Waals surface area (Å²) in [5.41, 5.74) is 1.03. The topological polar surface area (TPSA) is 49.8 Å². The lowest BCUT2D eigenvalue weighted by Gasteiger charge is -2.31. The normalized spacial score (nSPS) is 31.7. The molecule has 3 rings (SSSR count). The van der Waals surface area contributed by atoms with Crippen LogP contribution in [0.3, 0.4) is 0 Å². The lowest BCUT2D eigenvalue weighted by atomic mass is 10.0. The summed E-state index contributed by atoms with van der Waals surface area (Å²) in [5, 5.41) is 9.76. The average Bonchev–Trinajstić information content (AvgIpc) is 2.81. The number of carbonyl (C=O) groups excluding carboxylic acids is 1. The van der Waals surface area contributed by atoms with Gasteiger partial charge in [-0.05, 0) is 11.6 Å². The van der Waals surface area contributed by atoms with Crippen LogP contribution in [0.15, 0.2) is 42.5 Å². The van der Waals surface area contributed by atoms with Crippen LogP contribution < -0.4 is 0 Å². The van der Waals surface area contributed by atoms with Crippen LogP contribution in [0.1, 0.15) is 11.6 Å². The molecule has 1 saturated heterocycles. The van der Waals surface area contributed by atoms with Crippen LogP contribution in [0, 0.1) is 0 Å². The first-order valence-corrected chi connectivity index (χ1v) is 5.62. The van der Waals surface area contributed by atoms with Crippen LogP contribution in [-0.2, 0) is 9.53 Å². The van der Waals surface area contributed by atoms with Gasteiger partial charge in [-0.25, -0.2) is 0 Å². The summed E-state index contributed by atoms with van der Waals surface area (Å²) in [7, 11) is 0. The molecule has 1 N–H and O–H groups in total. The molecule has 0 radical (unpaired) electrons. The summed E-state index contributed by atoms with van der Waals surface area (Å²) in [5.74, 6) is -0.105. The number of fused-ring (bicyclic) bond motifs is 1. The number of ether oxygens (including phenoxy) is 1. The van der Waals surface area contributed by atoms with Crippen molar-refractivity contribution in [3.05, 3.63) is 48.0 Å². The molecule has 2 aliphatic rings. The molecule has 0 bridgehead atoms. The molecule has 1 amide bonds. The minimum Gasteiger partial charge on any atom is -0.384 e. The lowest BCUT2D eigenvalue weighted by Crippen LogP contribution is -2.46. The number of hydrogen-bond donors (Lipinski definition) is 1. The molecule has 0 aromatic heterocycles. The highest BCUT2D eigenvalue weighted by atomic mass is 16.5. The Hall–Kier alpha value is -1.65. The molecule has 3 atom stereocenters. The lowest BCUT2D eigenvalue weighted by molar-refractivity contribution is -0.139. The maximum atomic E-state index is 11.9. The highest BCUT2D eigenvalue weighted by Gasteiger charge is 2.42. The van der Waals surface area contributed by atoms with E-state index in [0.717, 1.165) is 5.56 Å². The molecule has 1 fully saturated rings. The van der Waals surface area contributed by atoms with Crippen LogP contribution in [0.2, 0.25) is 0 Å². The number of hydrogen-bond acceptors (Lipinski definition) is 3. The van der Waals surface area contributed by atoms with Gasteiger partial charge in [-0.1, -0.05) is 30.3 Å². The smallest absolute Gasteiger partial charge is 0.249 e. The second-order valence-electron chi connectivity index (χ2n) is 4.25. The Morgan fingerprint density at radius 2 is 2.06 bits per heavy atom. The minimum atomic E-state index is -0.735. The van der Waals surface area contributed by atoms with Gasteiger partial charge in [0.05, 0.1) is 12.6 Å². The third-order valence-corrected chi connectivity index (χ3v) is 3.20. The Kier molecular flexibility index (Phi) is 2.46. The molecular formula is C13H13NO3. The summed E-state index contributed by atoms with van der Waals surface area (Å²) in [6.45, 7) is 0.430. The van der Waals surface area contributed by atoms with Crippen molar-refractivity contribution < 1.29 is 14.6 Å². The molecule has 1 aromatic carbocycles. The fourth-order valence-electron chi connectivity index (χ4n) is 2.36. The van der Waals surface area contributed by atoms with Gasteiger partial charge < -0.3 is 14.7 Å². The first-order valence-electron chi connectivity index (χ1n) is 5.62. The Morgan fingerprint density at radius 1 is 1.29 bits per heavy atom. The van der Waals surface area contributed by atoms with Crippen molar-refractivity contribution in [3.8, 4) is 0 Å². The molecule has 0 saturated carbocycles. The van der Waals surface area contributed by atoms with E-state index in [0.29, 0.717) is 6.61 Å². The van der Waals surface area contributed by atoms with Crippen molar-refractivity contribution in [2.45, 2.75) is 18.4 Å². The molecule has 1 aromatic rings. The third-order valence-electron chi connectivity index (χ3n) is 3.20. The van der Waals surface area contributed by atoms with Crippen LogP contribution in [0.25, 0.3) is 0 Å². The van der Waals surface area contributed by atoms with Gasteiger partial charge in [-0.15, -0.1) is 0 Å². The molecule has 17 heavy (non-hydrogen) atoms. The maximum Gasteiger partial charge on any atom is 0.249 e. The summed E-state index contributed by atoms with van der Waals surface area (Å²) in [4.78, 5) is 13.5. The van der Waals surface area contributed by atoms with E-state index >= 15 is 0 Å². The van der Waals surface area contributed by atoms with Crippen molar-refractivity contribution in [3.63, 3.8) is 0 Å². The molecule has 0 unspecified atom stereocenters. The van der Waals surface area contributed by atoms with Crippen molar-refractivity contribution in [2.24, 2.45) is 0 Å². The van der Waals surface area contributed by atoms with E-state index in [-0.39, 0.29) is 11.9 Å². The molecule has 0 aliphatic carbocycles. The van der Waals surface area contributed by atoms with Crippen LogP contribution in [0.4, 0.5) is 0 Å². The van der Waals surface area contributed by atoms with Gasteiger partial charge >= 0.3 is 0 Å². The van der Waals surface area contributed by atoms with E-state index in [1.54, 1.807) is 4.90 Å². The zero-order chi connectivity index (χ0) is 11.8. The van der Waals surface area contributed by atoms with Crippen molar-refractivity contribution >= 4 is 5.91 Å². The molecule has 0 spiro atoms.